The van der Waals surface area contributed by atoms with E-state index in [4.69, 9.17) is 11.6 Å². The number of nitrogens with zero attached hydrogens (tertiary/aromatic N) is 2. The van der Waals surface area contributed by atoms with Gasteiger partial charge in [0.15, 0.2) is 0 Å². The van der Waals surface area contributed by atoms with Crippen LogP contribution in [0.15, 0.2) is 83.8 Å². The lowest BCUT2D eigenvalue weighted by atomic mass is 10.1. The highest BCUT2D eigenvalue weighted by atomic mass is 35.5. The van der Waals surface area contributed by atoms with Gasteiger partial charge in [-0.3, -0.25) is 13.9 Å². The molecule has 7 nitrogen and oxygen atoms in total. The molecule has 0 aliphatic carbocycles. The highest BCUT2D eigenvalue weighted by Crippen LogP contribution is 2.30. The van der Waals surface area contributed by atoms with E-state index in [1.54, 1.807) is 49.4 Å². The number of rotatable bonds is 11. The lowest BCUT2D eigenvalue weighted by molar-refractivity contribution is -0.139. The molecule has 0 aliphatic heterocycles. The van der Waals surface area contributed by atoms with Gasteiger partial charge in [0.1, 0.15) is 12.6 Å². The number of amides is 2. The van der Waals surface area contributed by atoms with Gasteiger partial charge in [0, 0.05) is 13.1 Å². The molecule has 0 saturated carbocycles. The number of nitrogens with one attached hydrogen (secondary N) is 1. The van der Waals surface area contributed by atoms with Gasteiger partial charge in [0.25, 0.3) is 10.0 Å². The van der Waals surface area contributed by atoms with Crippen molar-refractivity contribution in [1.82, 2.24) is 10.2 Å². The topological polar surface area (TPSA) is 86.8 Å². The minimum atomic E-state index is -4.14. The SMILES string of the molecule is CCCNC(=O)C(C)N(Cc1cccc(C)c1)C(=O)CN(c1ccccc1Cl)S(=O)(=O)c1ccccc1. The Kier molecular flexibility index (Phi) is 9.72. The van der Waals surface area contributed by atoms with Gasteiger partial charge in [-0.05, 0) is 50.1 Å². The molecular formula is C28H32ClN3O4S. The maximum absolute atomic E-state index is 13.8. The Labute approximate surface area is 224 Å². The number of benzene rings is 3. The van der Waals surface area contributed by atoms with Crippen molar-refractivity contribution in [3.63, 3.8) is 0 Å². The van der Waals surface area contributed by atoms with Crippen LogP contribution in [0.25, 0.3) is 0 Å². The summed E-state index contributed by atoms with van der Waals surface area (Å²) in [6.45, 7) is 5.62. The molecule has 0 spiro atoms. The van der Waals surface area contributed by atoms with Crippen LogP contribution in [0.2, 0.25) is 5.02 Å². The number of hydrogen-bond donors (Lipinski definition) is 1. The summed E-state index contributed by atoms with van der Waals surface area (Å²) in [5, 5.41) is 3.02. The van der Waals surface area contributed by atoms with E-state index in [1.807, 2.05) is 38.1 Å². The maximum Gasteiger partial charge on any atom is 0.264 e. The number of carbonyl (C=O) groups is 2. The van der Waals surface area contributed by atoms with E-state index in [-0.39, 0.29) is 28.1 Å². The summed E-state index contributed by atoms with van der Waals surface area (Å²) in [6.07, 6.45) is 0.750. The summed E-state index contributed by atoms with van der Waals surface area (Å²) >= 11 is 6.40. The van der Waals surface area contributed by atoms with Crippen molar-refractivity contribution in [2.24, 2.45) is 0 Å². The van der Waals surface area contributed by atoms with Crippen molar-refractivity contribution in [3.05, 3.63) is 95.0 Å². The molecule has 9 heteroatoms. The van der Waals surface area contributed by atoms with Gasteiger partial charge >= 0.3 is 0 Å². The quantitative estimate of drug-likeness (QED) is 0.378. The highest BCUT2D eigenvalue weighted by Gasteiger charge is 2.33. The molecule has 196 valence electrons. The van der Waals surface area contributed by atoms with E-state index in [0.717, 1.165) is 21.9 Å². The van der Waals surface area contributed by atoms with Crippen LogP contribution in [0, 0.1) is 6.92 Å². The molecule has 0 fully saturated rings. The van der Waals surface area contributed by atoms with Crippen LogP contribution in [0.5, 0.6) is 0 Å². The molecule has 0 aromatic heterocycles. The third-order valence-electron chi connectivity index (χ3n) is 5.88. The van der Waals surface area contributed by atoms with Crippen molar-refractivity contribution < 1.29 is 18.0 Å². The summed E-state index contributed by atoms with van der Waals surface area (Å²) in [5.74, 6) is -0.835. The summed E-state index contributed by atoms with van der Waals surface area (Å²) in [6, 6.07) is 21.1. The average Bonchev–Trinajstić information content (AvgIpc) is 2.89. The molecule has 3 aromatic rings. The van der Waals surface area contributed by atoms with Gasteiger partial charge in [-0.25, -0.2) is 8.42 Å². The number of aryl methyl sites for hydroxylation is 1. The van der Waals surface area contributed by atoms with E-state index in [1.165, 1.54) is 17.0 Å². The predicted octanol–water partition coefficient (Wildman–Crippen LogP) is 4.79. The molecule has 3 rings (SSSR count). The number of halogens is 1. The Hall–Kier alpha value is -3.36. The first-order valence-corrected chi connectivity index (χ1v) is 13.9. The van der Waals surface area contributed by atoms with E-state index in [0.29, 0.717) is 6.54 Å². The second kappa shape index (κ2) is 12.7. The zero-order chi connectivity index (χ0) is 27.0. The second-order valence-electron chi connectivity index (χ2n) is 8.75. The van der Waals surface area contributed by atoms with Gasteiger partial charge in [-0.15, -0.1) is 0 Å². The van der Waals surface area contributed by atoms with Crippen molar-refractivity contribution in [2.45, 2.75) is 44.7 Å². The summed E-state index contributed by atoms with van der Waals surface area (Å²) < 4.78 is 28.4. The Bertz CT molecular complexity index is 1330. The molecule has 0 heterocycles. The first kappa shape index (κ1) is 28.2. The van der Waals surface area contributed by atoms with Crippen LogP contribution < -0.4 is 9.62 Å². The van der Waals surface area contributed by atoms with Gasteiger partial charge in [-0.2, -0.15) is 0 Å². The average molecular weight is 542 g/mol. The van der Waals surface area contributed by atoms with Gasteiger partial charge in [-0.1, -0.05) is 78.7 Å². The first-order chi connectivity index (χ1) is 17.6. The van der Waals surface area contributed by atoms with Gasteiger partial charge in [0.05, 0.1) is 15.6 Å². The van der Waals surface area contributed by atoms with Crippen LogP contribution >= 0.6 is 11.6 Å². The van der Waals surface area contributed by atoms with E-state index < -0.39 is 28.5 Å². The minimum absolute atomic E-state index is 0.0293. The zero-order valence-corrected chi connectivity index (χ0v) is 22.8. The van der Waals surface area contributed by atoms with E-state index >= 15 is 0 Å². The van der Waals surface area contributed by atoms with E-state index in [9.17, 15) is 18.0 Å². The lowest BCUT2D eigenvalue weighted by Gasteiger charge is -2.32. The van der Waals surface area contributed by atoms with Gasteiger partial charge < -0.3 is 10.2 Å². The summed E-state index contributed by atoms with van der Waals surface area (Å²) in [5.41, 5.74) is 2.02. The molecule has 3 aromatic carbocycles. The summed E-state index contributed by atoms with van der Waals surface area (Å²) in [4.78, 5) is 28.1. The first-order valence-electron chi connectivity index (χ1n) is 12.1. The normalized spacial score (nSPS) is 12.0. The number of carbonyl (C=O) groups excluding carboxylic acids is 2. The third kappa shape index (κ3) is 7.11. The molecular weight excluding hydrogens is 510 g/mol. The molecule has 1 N–H and O–H groups in total. The molecule has 0 aliphatic rings. The van der Waals surface area contributed by atoms with Crippen molar-refractivity contribution in [2.75, 3.05) is 17.4 Å². The monoisotopic (exact) mass is 541 g/mol. The minimum Gasteiger partial charge on any atom is -0.354 e. The number of hydrogen-bond acceptors (Lipinski definition) is 4. The number of anilines is 1. The number of sulfonamides is 1. The van der Waals surface area contributed by atoms with Crippen molar-refractivity contribution in [3.8, 4) is 0 Å². The van der Waals surface area contributed by atoms with E-state index in [2.05, 4.69) is 5.32 Å². The van der Waals surface area contributed by atoms with Crippen molar-refractivity contribution >= 4 is 39.1 Å². The largest absolute Gasteiger partial charge is 0.354 e. The lowest BCUT2D eigenvalue weighted by Crippen LogP contribution is -2.51. The standard InChI is InChI=1S/C28H32ClN3O4S/c1-4-17-30-28(34)22(3)31(19-23-12-10-11-21(2)18-23)27(33)20-32(26-16-9-8-15-25(26)29)37(35,36)24-13-6-5-7-14-24/h5-16,18,22H,4,17,19-20H2,1-3H3,(H,30,34). The number of para-hydroxylation sites is 1. The Morgan fingerprint density at radius 2 is 1.65 bits per heavy atom. The zero-order valence-electron chi connectivity index (χ0n) is 21.2. The van der Waals surface area contributed by atoms with Crippen LogP contribution in [0.3, 0.4) is 0 Å². The Balaban J connectivity index is 2.02. The fourth-order valence-electron chi connectivity index (χ4n) is 3.87. The molecule has 1 unspecified atom stereocenters. The van der Waals surface area contributed by atoms with Crippen LogP contribution in [0.1, 0.15) is 31.4 Å². The fourth-order valence-corrected chi connectivity index (χ4v) is 5.61. The van der Waals surface area contributed by atoms with Crippen molar-refractivity contribution in [1.29, 1.82) is 0 Å². The Morgan fingerprint density at radius 3 is 2.30 bits per heavy atom. The highest BCUT2D eigenvalue weighted by molar-refractivity contribution is 7.92. The fraction of sp³-hybridized carbons (Fsp3) is 0.286. The van der Waals surface area contributed by atoms with Crippen LogP contribution in [-0.4, -0.2) is 44.3 Å². The Morgan fingerprint density at radius 1 is 0.973 bits per heavy atom. The maximum atomic E-state index is 13.8. The predicted molar refractivity (Wildman–Crippen MR) is 147 cm³/mol. The summed E-state index contributed by atoms with van der Waals surface area (Å²) in [7, 11) is -4.14. The third-order valence-corrected chi connectivity index (χ3v) is 7.98. The van der Waals surface area contributed by atoms with Gasteiger partial charge in [0.2, 0.25) is 11.8 Å². The van der Waals surface area contributed by atoms with Crippen LogP contribution in [0.4, 0.5) is 5.69 Å². The smallest absolute Gasteiger partial charge is 0.264 e. The molecule has 0 radical (unpaired) electrons. The van der Waals surface area contributed by atoms with Crippen LogP contribution in [-0.2, 0) is 26.2 Å². The molecule has 37 heavy (non-hydrogen) atoms. The second-order valence-corrected chi connectivity index (χ2v) is 11.0. The molecule has 2 amide bonds. The molecule has 0 bridgehead atoms. The molecule has 1 atom stereocenters. The molecule has 0 saturated heterocycles.